The van der Waals surface area contributed by atoms with Crippen molar-refractivity contribution >= 4 is 11.8 Å². The quantitative estimate of drug-likeness (QED) is 0.736. The Balaban J connectivity index is 1.96. The Morgan fingerprint density at radius 2 is 2.06 bits per heavy atom. The van der Waals surface area contributed by atoms with Crippen molar-refractivity contribution in [2.45, 2.75) is 29.5 Å². The largest absolute Gasteiger partial charge is 0.299 e. The minimum Gasteiger partial charge on any atom is -0.299 e. The summed E-state index contributed by atoms with van der Waals surface area (Å²) in [7, 11) is 2.20. The summed E-state index contributed by atoms with van der Waals surface area (Å²) in [5.74, 6) is 0. The van der Waals surface area contributed by atoms with Crippen molar-refractivity contribution in [1.29, 1.82) is 0 Å². The van der Waals surface area contributed by atoms with E-state index >= 15 is 0 Å². The predicted molar refractivity (Wildman–Crippen MR) is 71.9 cm³/mol. The van der Waals surface area contributed by atoms with Crippen molar-refractivity contribution in [2.75, 3.05) is 13.6 Å². The molecule has 1 heterocycles. The van der Waals surface area contributed by atoms with Crippen molar-refractivity contribution in [3.8, 4) is 0 Å². The summed E-state index contributed by atoms with van der Waals surface area (Å²) in [5, 5.41) is 0.703. The second-order valence-electron chi connectivity index (χ2n) is 4.59. The molecule has 0 N–H and O–H groups in total. The molecular formula is C14H19NS. The van der Waals surface area contributed by atoms with Crippen LogP contribution in [-0.2, 0) is 0 Å². The normalized spacial score (nSPS) is 25.9. The molecule has 0 aliphatic carbocycles. The lowest BCUT2D eigenvalue weighted by Crippen LogP contribution is -2.25. The van der Waals surface area contributed by atoms with Crippen molar-refractivity contribution in [3.63, 3.8) is 0 Å². The van der Waals surface area contributed by atoms with E-state index in [1.165, 1.54) is 16.9 Å². The first-order valence-electron chi connectivity index (χ1n) is 5.74. The highest BCUT2D eigenvalue weighted by Gasteiger charge is 2.30. The summed E-state index contributed by atoms with van der Waals surface area (Å²) < 4.78 is 0. The molecule has 1 aromatic rings. The lowest BCUT2D eigenvalue weighted by molar-refractivity contribution is 0.346. The molecule has 0 aromatic heterocycles. The van der Waals surface area contributed by atoms with Gasteiger partial charge in [0.2, 0.25) is 0 Å². The standard InChI is InChI=1S/C14H19NS/c1-11(2)14-9-13(10-15(14)3)16-12-7-5-4-6-8-12/h4-8,13-14H,1,9-10H2,2-3H3/t13?,14-/m1/s1. The lowest BCUT2D eigenvalue weighted by Gasteiger charge is -2.18. The van der Waals surface area contributed by atoms with Gasteiger partial charge in [-0.3, -0.25) is 4.90 Å². The zero-order chi connectivity index (χ0) is 11.5. The van der Waals surface area contributed by atoms with Crippen LogP contribution in [0.5, 0.6) is 0 Å². The average Bonchev–Trinajstić information content (AvgIpc) is 2.61. The number of thioether (sulfide) groups is 1. The topological polar surface area (TPSA) is 3.24 Å². The molecule has 1 fully saturated rings. The van der Waals surface area contributed by atoms with E-state index in [4.69, 9.17) is 0 Å². The number of benzene rings is 1. The van der Waals surface area contributed by atoms with Gasteiger partial charge in [0.05, 0.1) is 0 Å². The Kier molecular flexibility index (Phi) is 3.72. The summed E-state index contributed by atoms with van der Waals surface area (Å²) >= 11 is 1.99. The van der Waals surface area contributed by atoms with Gasteiger partial charge >= 0.3 is 0 Å². The molecule has 2 atom stereocenters. The van der Waals surface area contributed by atoms with Crippen LogP contribution in [0.25, 0.3) is 0 Å². The zero-order valence-electron chi connectivity index (χ0n) is 10.0. The van der Waals surface area contributed by atoms with Crippen LogP contribution in [0.1, 0.15) is 13.3 Å². The van der Waals surface area contributed by atoms with E-state index < -0.39 is 0 Å². The van der Waals surface area contributed by atoms with Crippen molar-refractivity contribution in [2.24, 2.45) is 0 Å². The fraction of sp³-hybridized carbons (Fsp3) is 0.429. The lowest BCUT2D eigenvalue weighted by atomic mass is 10.1. The van der Waals surface area contributed by atoms with Gasteiger partial charge in [0.1, 0.15) is 0 Å². The maximum atomic E-state index is 4.08. The van der Waals surface area contributed by atoms with E-state index in [9.17, 15) is 0 Å². The molecular weight excluding hydrogens is 214 g/mol. The van der Waals surface area contributed by atoms with Gasteiger partial charge < -0.3 is 0 Å². The van der Waals surface area contributed by atoms with E-state index in [1.54, 1.807) is 0 Å². The van der Waals surface area contributed by atoms with Crippen LogP contribution in [0, 0.1) is 0 Å². The van der Waals surface area contributed by atoms with Gasteiger partial charge in [0.15, 0.2) is 0 Å². The molecule has 1 aliphatic heterocycles. The predicted octanol–water partition coefficient (Wildman–Crippen LogP) is 3.43. The molecule has 1 aliphatic rings. The van der Waals surface area contributed by atoms with Gasteiger partial charge in [-0.25, -0.2) is 0 Å². The maximum absolute atomic E-state index is 4.08. The van der Waals surface area contributed by atoms with Crippen LogP contribution < -0.4 is 0 Å². The molecule has 2 heteroatoms. The van der Waals surface area contributed by atoms with Gasteiger partial charge in [0.25, 0.3) is 0 Å². The summed E-state index contributed by atoms with van der Waals surface area (Å²) in [4.78, 5) is 3.80. The van der Waals surface area contributed by atoms with Gasteiger partial charge in [-0.1, -0.05) is 30.4 Å². The molecule has 1 saturated heterocycles. The average molecular weight is 233 g/mol. The van der Waals surface area contributed by atoms with Crippen LogP contribution in [0.2, 0.25) is 0 Å². The molecule has 0 radical (unpaired) electrons. The second kappa shape index (κ2) is 5.07. The van der Waals surface area contributed by atoms with Crippen LogP contribution in [-0.4, -0.2) is 29.8 Å². The highest BCUT2D eigenvalue weighted by molar-refractivity contribution is 8.00. The number of hydrogen-bond acceptors (Lipinski definition) is 2. The molecule has 0 spiro atoms. The van der Waals surface area contributed by atoms with Crippen LogP contribution in [0.15, 0.2) is 47.4 Å². The third kappa shape index (κ3) is 2.69. The molecule has 1 nitrogen and oxygen atoms in total. The number of nitrogens with zero attached hydrogens (tertiary/aromatic N) is 1. The highest BCUT2D eigenvalue weighted by atomic mass is 32.2. The van der Waals surface area contributed by atoms with E-state index in [-0.39, 0.29) is 0 Å². The first-order chi connectivity index (χ1) is 7.66. The Hall–Kier alpha value is -0.730. The summed E-state index contributed by atoms with van der Waals surface area (Å²) in [6.07, 6.45) is 1.23. The molecule has 0 bridgehead atoms. The van der Waals surface area contributed by atoms with Gasteiger partial charge in [-0.15, -0.1) is 11.8 Å². The zero-order valence-corrected chi connectivity index (χ0v) is 10.8. The Bertz CT molecular complexity index is 360. The Morgan fingerprint density at radius 1 is 1.38 bits per heavy atom. The van der Waals surface area contributed by atoms with Crippen molar-refractivity contribution < 1.29 is 0 Å². The third-order valence-corrected chi connectivity index (χ3v) is 4.34. The number of likely N-dealkylation sites (tertiary alicyclic amines) is 1. The first kappa shape index (κ1) is 11.7. The summed E-state index contributed by atoms with van der Waals surface area (Å²) in [5.41, 5.74) is 1.29. The molecule has 16 heavy (non-hydrogen) atoms. The van der Waals surface area contributed by atoms with Crippen molar-refractivity contribution in [1.82, 2.24) is 4.90 Å². The second-order valence-corrected chi connectivity index (χ2v) is 5.96. The minimum atomic E-state index is 0.571. The number of hydrogen-bond donors (Lipinski definition) is 0. The molecule has 86 valence electrons. The van der Waals surface area contributed by atoms with E-state index in [2.05, 4.69) is 55.8 Å². The van der Waals surface area contributed by atoms with E-state index in [1.807, 2.05) is 11.8 Å². The van der Waals surface area contributed by atoms with Gasteiger partial charge in [-0.05, 0) is 32.5 Å². The van der Waals surface area contributed by atoms with Crippen molar-refractivity contribution in [3.05, 3.63) is 42.5 Å². The molecule has 0 saturated carbocycles. The first-order valence-corrected chi connectivity index (χ1v) is 6.62. The Morgan fingerprint density at radius 3 is 2.62 bits per heavy atom. The van der Waals surface area contributed by atoms with Crippen LogP contribution in [0.3, 0.4) is 0 Å². The minimum absolute atomic E-state index is 0.571. The summed E-state index contributed by atoms with van der Waals surface area (Å²) in [6.45, 7) is 7.38. The molecule has 2 rings (SSSR count). The van der Waals surface area contributed by atoms with E-state index in [0.29, 0.717) is 11.3 Å². The molecule has 0 amide bonds. The molecule has 1 unspecified atom stereocenters. The van der Waals surface area contributed by atoms with Crippen LogP contribution >= 0.6 is 11.8 Å². The Labute approximate surface area is 103 Å². The van der Waals surface area contributed by atoms with E-state index in [0.717, 1.165) is 6.54 Å². The number of rotatable bonds is 3. The number of likely N-dealkylation sites (N-methyl/N-ethyl adjacent to an activating group) is 1. The van der Waals surface area contributed by atoms with Gasteiger partial charge in [-0.2, -0.15) is 0 Å². The molecule has 1 aromatic carbocycles. The maximum Gasteiger partial charge on any atom is 0.0310 e. The monoisotopic (exact) mass is 233 g/mol. The van der Waals surface area contributed by atoms with Gasteiger partial charge in [0, 0.05) is 22.7 Å². The SMILES string of the molecule is C=C(C)[C@H]1CC(Sc2ccccc2)CN1C. The fourth-order valence-corrected chi connectivity index (χ4v) is 3.59. The third-order valence-electron chi connectivity index (χ3n) is 3.12. The highest BCUT2D eigenvalue weighted by Crippen LogP contribution is 2.33. The summed E-state index contributed by atoms with van der Waals surface area (Å²) in [6, 6.07) is 11.2. The smallest absolute Gasteiger partial charge is 0.0310 e. The van der Waals surface area contributed by atoms with Crippen LogP contribution in [0.4, 0.5) is 0 Å². The fourth-order valence-electron chi connectivity index (χ4n) is 2.31.